The number of aromatic nitrogens is 2. The van der Waals surface area contributed by atoms with E-state index in [9.17, 15) is 26.4 Å². The summed E-state index contributed by atoms with van der Waals surface area (Å²) in [5, 5.41) is 5.87. The fourth-order valence-electron chi connectivity index (χ4n) is 3.61. The number of hydrogen-bond donors (Lipinski definition) is 2. The van der Waals surface area contributed by atoms with Crippen LogP contribution < -0.4 is 10.6 Å². The Kier molecular flexibility index (Phi) is 6.87. The minimum Gasteiger partial charge on any atom is -0.355 e. The van der Waals surface area contributed by atoms with Crippen molar-refractivity contribution in [1.29, 1.82) is 0 Å². The van der Waals surface area contributed by atoms with E-state index in [1.807, 2.05) is 18.2 Å². The fourth-order valence-corrected chi connectivity index (χ4v) is 5.99. The first-order valence-corrected chi connectivity index (χ1v) is 13.1. The van der Waals surface area contributed by atoms with Crippen molar-refractivity contribution < 1.29 is 26.4 Å². The van der Waals surface area contributed by atoms with Crippen LogP contribution in [0.15, 0.2) is 40.4 Å². The summed E-state index contributed by atoms with van der Waals surface area (Å²) in [5.41, 5.74) is 0.541. The maximum atomic E-state index is 13.1. The van der Waals surface area contributed by atoms with Crippen LogP contribution in [0, 0.1) is 0 Å². The molecule has 34 heavy (non-hydrogen) atoms. The molecule has 13 heteroatoms. The van der Waals surface area contributed by atoms with E-state index >= 15 is 0 Å². The second-order valence-corrected chi connectivity index (χ2v) is 11.2. The van der Waals surface area contributed by atoms with Crippen LogP contribution in [0.1, 0.15) is 17.1 Å². The number of carbonyl (C=O) groups is 1. The molecule has 182 valence electrons. The van der Waals surface area contributed by atoms with Crippen LogP contribution in [-0.2, 0) is 27.2 Å². The number of sulfone groups is 1. The van der Waals surface area contributed by atoms with Crippen molar-refractivity contribution in [2.24, 2.45) is 0 Å². The maximum absolute atomic E-state index is 13.1. The van der Waals surface area contributed by atoms with E-state index in [0.717, 1.165) is 35.0 Å². The monoisotopic (exact) mass is 513 g/mol. The summed E-state index contributed by atoms with van der Waals surface area (Å²) in [6, 6.07) is 6.48. The molecule has 0 aliphatic carbocycles. The molecule has 3 heterocycles. The first kappa shape index (κ1) is 24.5. The summed E-state index contributed by atoms with van der Waals surface area (Å²) >= 11 is 1.23. The highest BCUT2D eigenvalue weighted by molar-refractivity contribution is 8.04. The quantitative estimate of drug-likeness (QED) is 0.588. The van der Waals surface area contributed by atoms with Gasteiger partial charge in [-0.2, -0.15) is 13.2 Å². The van der Waals surface area contributed by atoms with Gasteiger partial charge >= 0.3 is 6.18 Å². The van der Waals surface area contributed by atoms with Crippen molar-refractivity contribution in [3.05, 3.63) is 52.6 Å². The predicted molar refractivity (Wildman–Crippen MR) is 123 cm³/mol. The molecule has 2 aliphatic rings. The second-order valence-electron chi connectivity index (χ2n) is 7.85. The standard InChI is InChI=1S/C21H22F3N5O3S2/c1-25-19(30)17(18-26-6-4-16(28-18)21(22,23)24)20-27-14-3-2-13(12-15(14)33-20)5-7-29-8-10-34(31,32)11-9-29/h2-4,6,12,27H,5,7-11H2,1H3,(H,25,30)/b20-17+. The van der Waals surface area contributed by atoms with Crippen LogP contribution in [-0.4, -0.2) is 67.4 Å². The average molecular weight is 514 g/mol. The van der Waals surface area contributed by atoms with E-state index < -0.39 is 27.6 Å². The van der Waals surface area contributed by atoms with Crippen LogP contribution in [0.5, 0.6) is 0 Å². The van der Waals surface area contributed by atoms with Crippen molar-refractivity contribution in [3.63, 3.8) is 0 Å². The third-order valence-electron chi connectivity index (χ3n) is 5.51. The van der Waals surface area contributed by atoms with Gasteiger partial charge in [0.05, 0.1) is 22.2 Å². The Morgan fingerprint density at radius 1 is 1.24 bits per heavy atom. The number of rotatable bonds is 5. The highest BCUT2D eigenvalue weighted by atomic mass is 32.2. The Balaban J connectivity index is 1.54. The first-order valence-electron chi connectivity index (χ1n) is 10.4. The molecule has 2 aliphatic heterocycles. The summed E-state index contributed by atoms with van der Waals surface area (Å²) in [5.74, 6) is -0.588. The summed E-state index contributed by atoms with van der Waals surface area (Å²) < 4.78 is 62.6. The van der Waals surface area contributed by atoms with Crippen LogP contribution in [0.3, 0.4) is 0 Å². The Hall–Kier alpha value is -2.64. The number of thioether (sulfide) groups is 1. The van der Waals surface area contributed by atoms with Crippen LogP contribution in [0.2, 0.25) is 0 Å². The lowest BCUT2D eigenvalue weighted by atomic mass is 10.1. The van der Waals surface area contributed by atoms with Crippen LogP contribution in [0.25, 0.3) is 5.57 Å². The normalized spacial score (nSPS) is 19.3. The maximum Gasteiger partial charge on any atom is 0.433 e. The zero-order valence-corrected chi connectivity index (χ0v) is 19.8. The zero-order valence-electron chi connectivity index (χ0n) is 18.1. The van der Waals surface area contributed by atoms with Gasteiger partial charge in [0.15, 0.2) is 15.7 Å². The number of halogens is 3. The first-order chi connectivity index (χ1) is 16.1. The van der Waals surface area contributed by atoms with Gasteiger partial charge in [-0.15, -0.1) is 0 Å². The van der Waals surface area contributed by atoms with Gasteiger partial charge in [0.25, 0.3) is 5.91 Å². The Morgan fingerprint density at radius 2 is 1.97 bits per heavy atom. The van der Waals surface area contributed by atoms with Gasteiger partial charge in [0.1, 0.15) is 11.3 Å². The number of fused-ring (bicyclic) bond motifs is 1. The molecule has 0 saturated carbocycles. The number of amides is 1. The van der Waals surface area contributed by atoms with Crippen molar-refractivity contribution in [2.75, 3.05) is 43.5 Å². The Morgan fingerprint density at radius 3 is 2.65 bits per heavy atom. The molecular weight excluding hydrogens is 491 g/mol. The lowest BCUT2D eigenvalue weighted by Crippen LogP contribution is -2.41. The zero-order chi connectivity index (χ0) is 24.5. The smallest absolute Gasteiger partial charge is 0.355 e. The van der Waals surface area contributed by atoms with Crippen molar-refractivity contribution >= 4 is 38.8 Å². The number of anilines is 1. The van der Waals surface area contributed by atoms with E-state index in [2.05, 4.69) is 25.5 Å². The third-order valence-corrected chi connectivity index (χ3v) is 8.19. The van der Waals surface area contributed by atoms with E-state index in [1.54, 1.807) is 0 Å². The minimum absolute atomic E-state index is 0.0779. The van der Waals surface area contributed by atoms with Gasteiger partial charge in [-0.3, -0.25) is 4.79 Å². The van der Waals surface area contributed by atoms with Gasteiger partial charge in [-0.1, -0.05) is 17.8 Å². The molecule has 0 bridgehead atoms. The summed E-state index contributed by atoms with van der Waals surface area (Å²) in [7, 11) is -1.55. The summed E-state index contributed by atoms with van der Waals surface area (Å²) in [4.78, 5) is 23.0. The highest BCUT2D eigenvalue weighted by Crippen LogP contribution is 2.44. The largest absolute Gasteiger partial charge is 0.433 e. The average Bonchev–Trinajstić information content (AvgIpc) is 3.20. The van der Waals surface area contributed by atoms with E-state index in [1.165, 1.54) is 18.8 Å². The van der Waals surface area contributed by atoms with Crippen molar-refractivity contribution in [2.45, 2.75) is 17.5 Å². The molecule has 2 N–H and O–H groups in total. The fraction of sp³-hybridized carbons (Fsp3) is 0.381. The summed E-state index contributed by atoms with van der Waals surface area (Å²) in [6.45, 7) is 1.75. The molecule has 0 atom stereocenters. The number of nitrogens with one attached hydrogen (secondary N) is 2. The molecule has 1 fully saturated rings. The predicted octanol–water partition coefficient (Wildman–Crippen LogP) is 2.40. The van der Waals surface area contributed by atoms with Gasteiger partial charge in [0, 0.05) is 37.8 Å². The molecular formula is C21H22F3N5O3S2. The van der Waals surface area contributed by atoms with E-state index in [-0.39, 0.29) is 22.9 Å². The molecule has 1 saturated heterocycles. The number of carbonyl (C=O) groups excluding carboxylic acids is 1. The highest BCUT2D eigenvalue weighted by Gasteiger charge is 2.34. The topological polar surface area (TPSA) is 104 Å². The van der Waals surface area contributed by atoms with E-state index in [4.69, 9.17) is 0 Å². The number of benzene rings is 1. The number of alkyl halides is 3. The molecule has 0 unspecified atom stereocenters. The molecule has 1 aromatic carbocycles. The van der Waals surface area contributed by atoms with Crippen LogP contribution in [0.4, 0.5) is 18.9 Å². The molecule has 2 aromatic rings. The third kappa shape index (κ3) is 5.53. The van der Waals surface area contributed by atoms with Gasteiger partial charge in [0.2, 0.25) is 0 Å². The molecule has 1 aromatic heterocycles. The summed E-state index contributed by atoms with van der Waals surface area (Å²) in [6.07, 6.45) is -2.97. The van der Waals surface area contributed by atoms with Crippen molar-refractivity contribution in [1.82, 2.24) is 20.2 Å². The molecule has 0 spiro atoms. The van der Waals surface area contributed by atoms with E-state index in [0.29, 0.717) is 24.5 Å². The molecule has 0 radical (unpaired) electrons. The lowest BCUT2D eigenvalue weighted by Gasteiger charge is -2.26. The van der Waals surface area contributed by atoms with Gasteiger partial charge in [-0.05, 0) is 30.2 Å². The SMILES string of the molecule is CNC(=O)/C(=C1\Nc2ccc(CCN3CCS(=O)(=O)CC3)cc2S1)c1nccc(C(F)(F)F)n1. The molecule has 8 nitrogen and oxygen atoms in total. The van der Waals surface area contributed by atoms with Gasteiger partial charge < -0.3 is 15.5 Å². The van der Waals surface area contributed by atoms with Gasteiger partial charge in [-0.25, -0.2) is 18.4 Å². The number of hydrogen-bond acceptors (Lipinski definition) is 8. The molecule has 4 rings (SSSR count). The lowest BCUT2D eigenvalue weighted by molar-refractivity contribution is -0.141. The number of likely N-dealkylation sites (N-methyl/N-ethyl adjacent to an activating group) is 1. The van der Waals surface area contributed by atoms with Crippen LogP contribution >= 0.6 is 11.8 Å². The number of nitrogens with zero attached hydrogens (tertiary/aromatic N) is 3. The second kappa shape index (κ2) is 9.55. The van der Waals surface area contributed by atoms with Crippen molar-refractivity contribution in [3.8, 4) is 0 Å². The molecule has 1 amide bonds. The Bertz CT molecular complexity index is 1230. The Labute approximate surface area is 199 Å². The minimum atomic E-state index is -4.66.